The average molecular weight is 415 g/mol. The van der Waals surface area contributed by atoms with Crippen LogP contribution in [-0.2, 0) is 9.84 Å². The van der Waals surface area contributed by atoms with Gasteiger partial charge in [0.1, 0.15) is 11.6 Å². The molecule has 1 fully saturated rings. The minimum absolute atomic E-state index is 0.0469. The molecule has 29 heavy (non-hydrogen) atoms. The second-order valence-corrected chi connectivity index (χ2v) is 8.89. The van der Waals surface area contributed by atoms with E-state index in [2.05, 4.69) is 4.99 Å². The standard InChI is InChI=1S/C19H17N3O6S/c1-11-14(8-20)17(23)22(12-6-7-29(27,28)10-12)18(24)15(11)9-21-16-5-3-2-4-13(16)19(25)26/h2-5,9,12,24H,6-7,10H2,1H3,(H,25,26)/t12-/m0/s1. The zero-order valence-corrected chi connectivity index (χ0v) is 16.2. The van der Waals surface area contributed by atoms with Gasteiger partial charge in [0.25, 0.3) is 5.56 Å². The van der Waals surface area contributed by atoms with Crippen molar-refractivity contribution in [3.8, 4) is 11.9 Å². The van der Waals surface area contributed by atoms with Crippen LogP contribution in [0, 0.1) is 18.3 Å². The van der Waals surface area contributed by atoms with E-state index in [1.807, 2.05) is 0 Å². The number of aromatic carboxylic acids is 1. The van der Waals surface area contributed by atoms with Gasteiger partial charge in [0.2, 0.25) is 5.88 Å². The van der Waals surface area contributed by atoms with Gasteiger partial charge in [-0.3, -0.25) is 14.4 Å². The van der Waals surface area contributed by atoms with Crippen LogP contribution in [0.25, 0.3) is 0 Å². The van der Waals surface area contributed by atoms with Crippen molar-refractivity contribution in [3.05, 3.63) is 56.9 Å². The highest BCUT2D eigenvalue weighted by atomic mass is 32.2. The van der Waals surface area contributed by atoms with E-state index >= 15 is 0 Å². The molecule has 1 aliphatic rings. The Morgan fingerprint density at radius 3 is 2.66 bits per heavy atom. The third-order valence-corrected chi connectivity index (χ3v) is 6.58. The van der Waals surface area contributed by atoms with Gasteiger partial charge in [0.15, 0.2) is 9.84 Å². The van der Waals surface area contributed by atoms with Crippen LogP contribution in [-0.4, -0.2) is 46.9 Å². The zero-order chi connectivity index (χ0) is 21.3. The molecule has 150 valence electrons. The van der Waals surface area contributed by atoms with Gasteiger partial charge in [-0.2, -0.15) is 5.26 Å². The molecule has 9 nitrogen and oxygen atoms in total. The molecular formula is C19H17N3O6S. The highest BCUT2D eigenvalue weighted by Gasteiger charge is 2.33. The largest absolute Gasteiger partial charge is 0.494 e. The number of carboxylic acids is 1. The molecule has 1 aromatic carbocycles. The van der Waals surface area contributed by atoms with Crippen molar-refractivity contribution in [1.82, 2.24) is 4.57 Å². The number of benzene rings is 1. The van der Waals surface area contributed by atoms with E-state index in [1.54, 1.807) is 18.2 Å². The number of rotatable bonds is 4. The highest BCUT2D eigenvalue weighted by molar-refractivity contribution is 7.91. The van der Waals surface area contributed by atoms with Crippen LogP contribution in [0.15, 0.2) is 34.1 Å². The molecule has 0 unspecified atom stereocenters. The Bertz CT molecular complexity index is 1240. The van der Waals surface area contributed by atoms with Crippen LogP contribution in [0.4, 0.5) is 5.69 Å². The van der Waals surface area contributed by atoms with Crippen LogP contribution in [0.2, 0.25) is 0 Å². The molecule has 0 aliphatic carbocycles. The first-order valence-electron chi connectivity index (χ1n) is 8.61. The summed E-state index contributed by atoms with van der Waals surface area (Å²) < 4.78 is 24.5. The third kappa shape index (κ3) is 3.77. The predicted octanol–water partition coefficient (Wildman–Crippen LogP) is 1.54. The number of nitrogens with zero attached hydrogens (tertiary/aromatic N) is 3. The first-order valence-corrected chi connectivity index (χ1v) is 10.4. The molecule has 2 heterocycles. The summed E-state index contributed by atoms with van der Waals surface area (Å²) in [6.07, 6.45) is 1.31. The van der Waals surface area contributed by atoms with Crippen molar-refractivity contribution in [2.75, 3.05) is 11.5 Å². The molecule has 0 amide bonds. The van der Waals surface area contributed by atoms with Crippen molar-refractivity contribution in [2.45, 2.75) is 19.4 Å². The lowest BCUT2D eigenvalue weighted by Crippen LogP contribution is -2.29. The van der Waals surface area contributed by atoms with Crippen molar-refractivity contribution in [3.63, 3.8) is 0 Å². The number of nitriles is 1. The molecule has 1 aliphatic heterocycles. The number of hydrogen-bond donors (Lipinski definition) is 2. The first-order chi connectivity index (χ1) is 13.7. The van der Waals surface area contributed by atoms with Crippen molar-refractivity contribution < 1.29 is 23.4 Å². The zero-order valence-electron chi connectivity index (χ0n) is 15.4. The van der Waals surface area contributed by atoms with E-state index < -0.39 is 33.3 Å². The topological polar surface area (TPSA) is 150 Å². The first kappa shape index (κ1) is 20.3. The number of aromatic hydroxyl groups is 1. The summed E-state index contributed by atoms with van der Waals surface area (Å²) in [5.74, 6) is -2.12. The van der Waals surface area contributed by atoms with Gasteiger partial charge in [-0.25, -0.2) is 13.2 Å². The molecule has 0 saturated carbocycles. The number of carbonyl (C=O) groups is 1. The number of pyridine rings is 1. The van der Waals surface area contributed by atoms with Crippen LogP contribution in [0.1, 0.15) is 39.5 Å². The van der Waals surface area contributed by atoms with E-state index in [1.165, 1.54) is 25.3 Å². The van der Waals surface area contributed by atoms with Gasteiger partial charge in [0.05, 0.1) is 34.4 Å². The molecule has 10 heteroatoms. The van der Waals surface area contributed by atoms with Gasteiger partial charge in [-0.15, -0.1) is 0 Å². The summed E-state index contributed by atoms with van der Waals surface area (Å²) in [5.41, 5.74) is -0.725. The Morgan fingerprint density at radius 2 is 2.07 bits per heavy atom. The Kier molecular flexibility index (Phi) is 5.26. The molecule has 1 saturated heterocycles. The lowest BCUT2D eigenvalue weighted by molar-refractivity contribution is 0.0698. The van der Waals surface area contributed by atoms with Crippen molar-refractivity contribution in [1.29, 1.82) is 5.26 Å². The quantitative estimate of drug-likeness (QED) is 0.719. The highest BCUT2D eigenvalue weighted by Crippen LogP contribution is 2.30. The Labute approximate surface area is 166 Å². The minimum Gasteiger partial charge on any atom is -0.494 e. The summed E-state index contributed by atoms with van der Waals surface area (Å²) in [7, 11) is -3.34. The van der Waals surface area contributed by atoms with Crippen LogP contribution in [0.5, 0.6) is 5.88 Å². The van der Waals surface area contributed by atoms with Gasteiger partial charge >= 0.3 is 5.97 Å². The Morgan fingerprint density at radius 1 is 1.38 bits per heavy atom. The lowest BCUT2D eigenvalue weighted by Gasteiger charge is -2.18. The smallest absolute Gasteiger partial charge is 0.337 e. The van der Waals surface area contributed by atoms with Crippen molar-refractivity contribution >= 4 is 27.7 Å². The molecule has 3 rings (SSSR count). The van der Waals surface area contributed by atoms with Gasteiger partial charge in [0, 0.05) is 6.21 Å². The predicted molar refractivity (Wildman–Crippen MR) is 105 cm³/mol. The number of hydrogen-bond acceptors (Lipinski definition) is 7. The van der Waals surface area contributed by atoms with E-state index in [0.717, 1.165) is 4.57 Å². The third-order valence-electron chi connectivity index (χ3n) is 4.83. The monoisotopic (exact) mass is 415 g/mol. The summed E-state index contributed by atoms with van der Waals surface area (Å²) in [6, 6.07) is 6.97. The maximum atomic E-state index is 12.7. The fourth-order valence-corrected chi connectivity index (χ4v) is 5.01. The molecular weight excluding hydrogens is 398 g/mol. The molecule has 0 spiro atoms. The second-order valence-electron chi connectivity index (χ2n) is 6.66. The Balaban J connectivity index is 2.18. The van der Waals surface area contributed by atoms with E-state index in [0.29, 0.717) is 0 Å². The number of carboxylic acid groups (broad SMARTS) is 1. The van der Waals surface area contributed by atoms with Crippen molar-refractivity contribution in [2.24, 2.45) is 4.99 Å². The van der Waals surface area contributed by atoms with E-state index in [4.69, 9.17) is 0 Å². The van der Waals surface area contributed by atoms with Gasteiger partial charge < -0.3 is 10.2 Å². The fourth-order valence-electron chi connectivity index (χ4n) is 3.31. The van der Waals surface area contributed by atoms with Crippen LogP contribution < -0.4 is 5.56 Å². The summed E-state index contributed by atoms with van der Waals surface area (Å²) in [6.45, 7) is 1.46. The summed E-state index contributed by atoms with van der Waals surface area (Å²) in [5, 5.41) is 29.4. The van der Waals surface area contributed by atoms with Crippen LogP contribution >= 0.6 is 0 Å². The molecule has 2 aromatic rings. The minimum atomic E-state index is -3.34. The van der Waals surface area contributed by atoms with Crippen LogP contribution in [0.3, 0.4) is 0 Å². The average Bonchev–Trinajstić information content (AvgIpc) is 3.01. The maximum absolute atomic E-state index is 12.7. The second kappa shape index (κ2) is 7.52. The number of sulfone groups is 1. The Hall–Kier alpha value is -3.45. The van der Waals surface area contributed by atoms with Gasteiger partial charge in [-0.05, 0) is 31.0 Å². The molecule has 0 radical (unpaired) electrons. The SMILES string of the molecule is Cc1c(C=Nc2ccccc2C(=O)O)c(O)n([C@H]2CCS(=O)(=O)C2)c(=O)c1C#N. The summed E-state index contributed by atoms with van der Waals surface area (Å²) in [4.78, 5) is 28.1. The van der Waals surface area contributed by atoms with Gasteiger partial charge in [-0.1, -0.05) is 12.1 Å². The molecule has 1 atom stereocenters. The number of aromatic nitrogens is 1. The lowest BCUT2D eigenvalue weighted by atomic mass is 10.0. The fraction of sp³-hybridized carbons (Fsp3) is 0.263. The van der Waals surface area contributed by atoms with E-state index in [-0.39, 0.29) is 45.9 Å². The molecule has 2 N–H and O–H groups in total. The normalized spacial score (nSPS) is 18.0. The molecule has 1 aromatic heterocycles. The number of aliphatic imine (C=N–C) groups is 1. The van der Waals surface area contributed by atoms with E-state index in [9.17, 15) is 33.5 Å². The maximum Gasteiger partial charge on any atom is 0.337 e. The molecule has 0 bridgehead atoms. The number of para-hydroxylation sites is 1. The summed E-state index contributed by atoms with van der Waals surface area (Å²) >= 11 is 0.